The van der Waals surface area contributed by atoms with Gasteiger partial charge in [0.25, 0.3) is 0 Å². The van der Waals surface area contributed by atoms with Gasteiger partial charge < -0.3 is 0 Å². The number of hydrogen-bond donors (Lipinski definition) is 0. The Morgan fingerprint density at radius 2 is 1.04 bits per heavy atom. The molecule has 1 fully saturated rings. The van der Waals surface area contributed by atoms with E-state index in [1.807, 2.05) is 60.7 Å². The largest absolute Gasteiger partial charge is 0.262 e. The van der Waals surface area contributed by atoms with Crippen LogP contribution in [0.4, 0.5) is 0 Å². The second-order valence-corrected chi connectivity index (χ2v) is 13.4. The third kappa shape index (κ3) is 4.01. The fraction of sp³-hybridized carbons (Fsp3) is 0.333. The Hall–Kier alpha value is -1.35. The van der Waals surface area contributed by atoms with E-state index in [-0.39, 0.29) is 0 Å². The molecule has 1 heterocycles. The van der Waals surface area contributed by atoms with Crippen LogP contribution < -0.4 is 0 Å². The van der Waals surface area contributed by atoms with Crippen molar-refractivity contribution in [3.05, 3.63) is 71.8 Å². The molecule has 0 saturated carbocycles. The molecule has 1 aliphatic rings. The molecule has 3 rings (SSSR count). The maximum atomic E-state index is 12.9. The lowest BCUT2D eigenvalue weighted by atomic mass is 9.95. The molecule has 0 bridgehead atoms. The second-order valence-electron chi connectivity index (χ2n) is 6.90. The monoisotopic (exact) mass is 441 g/mol. The fourth-order valence-corrected chi connectivity index (χ4v) is 10.3. The van der Waals surface area contributed by atoms with Gasteiger partial charge in [-0.2, -0.15) is 0 Å². The minimum atomic E-state index is -3.71. The molecule has 7 nitrogen and oxygen atoms in total. The highest BCUT2D eigenvalue weighted by atomic mass is 32.2. The van der Waals surface area contributed by atoms with Crippen LogP contribution in [0.15, 0.2) is 60.7 Å². The lowest BCUT2D eigenvalue weighted by Crippen LogP contribution is -2.31. The molecule has 152 valence electrons. The summed E-state index contributed by atoms with van der Waals surface area (Å²) in [5, 5.41) is 0. The second kappa shape index (κ2) is 7.82. The van der Waals surface area contributed by atoms with E-state index in [0.717, 1.165) is 23.6 Å². The zero-order chi connectivity index (χ0) is 20.7. The van der Waals surface area contributed by atoms with Crippen molar-refractivity contribution in [2.45, 2.75) is 12.1 Å². The maximum absolute atomic E-state index is 12.9. The van der Waals surface area contributed by atoms with Crippen molar-refractivity contribution < 1.29 is 16.8 Å². The number of nitrogens with zero attached hydrogens (tertiary/aromatic N) is 3. The van der Waals surface area contributed by atoms with Crippen LogP contribution in [0.25, 0.3) is 0 Å². The summed E-state index contributed by atoms with van der Waals surface area (Å²) in [6, 6.07) is 17.1. The van der Waals surface area contributed by atoms with Crippen LogP contribution in [0.3, 0.4) is 0 Å². The van der Waals surface area contributed by atoms with Crippen molar-refractivity contribution in [1.29, 1.82) is 0 Å². The van der Waals surface area contributed by atoms with Gasteiger partial charge in [-0.05, 0) is 25.2 Å². The van der Waals surface area contributed by atoms with Crippen molar-refractivity contribution >= 4 is 28.4 Å². The van der Waals surface area contributed by atoms with Gasteiger partial charge in [-0.3, -0.25) is 4.67 Å². The van der Waals surface area contributed by atoms with Crippen molar-refractivity contribution in [3.63, 3.8) is 0 Å². The van der Waals surface area contributed by atoms with Crippen molar-refractivity contribution in [2.24, 2.45) is 0 Å². The molecule has 1 saturated heterocycles. The highest BCUT2D eigenvalue weighted by Gasteiger charge is 2.57. The van der Waals surface area contributed by atoms with Gasteiger partial charge in [0.2, 0.25) is 20.0 Å². The molecule has 28 heavy (non-hydrogen) atoms. The molecule has 0 radical (unpaired) electrons. The van der Waals surface area contributed by atoms with E-state index in [1.165, 1.54) is 8.15 Å². The van der Waals surface area contributed by atoms with Crippen molar-refractivity contribution in [2.75, 3.05) is 26.6 Å². The molecule has 0 unspecified atom stereocenters. The van der Waals surface area contributed by atoms with E-state index in [4.69, 9.17) is 0 Å². The van der Waals surface area contributed by atoms with Gasteiger partial charge in [-0.25, -0.2) is 16.8 Å². The van der Waals surface area contributed by atoms with E-state index in [9.17, 15) is 16.8 Å². The summed E-state index contributed by atoms with van der Waals surface area (Å²) in [5.74, 6) is 0. The van der Waals surface area contributed by atoms with Gasteiger partial charge in [0.1, 0.15) is 8.37 Å². The van der Waals surface area contributed by atoms with Gasteiger partial charge in [-0.15, -0.1) is 8.15 Å². The molecular formula is C18H24N3O4PS2. The summed E-state index contributed by atoms with van der Waals surface area (Å²) in [5.41, 5.74) is 1.50. The standard InChI is InChI=1S/C18H24N3O4PS2/c1-19(2)26-20(27(3,22)23)17(15-11-7-5-8-12-15)18(21(26)28(4,24)25)16-13-9-6-10-14-16/h5-14,17-18H,1-4H3/t17-,18-/m1/s1. The van der Waals surface area contributed by atoms with Gasteiger partial charge in [0.15, 0.2) is 0 Å². The summed E-state index contributed by atoms with van der Waals surface area (Å²) < 4.78 is 55.9. The van der Waals surface area contributed by atoms with E-state index in [0.29, 0.717) is 0 Å². The Morgan fingerprint density at radius 3 is 1.29 bits per heavy atom. The SMILES string of the molecule is CN(C)P1N(S(C)(=O)=O)[C@H](c2ccccc2)[C@@H](c2ccccc2)N1S(C)(=O)=O. The molecule has 0 aliphatic carbocycles. The van der Waals surface area contributed by atoms with Gasteiger partial charge >= 0.3 is 0 Å². The lowest BCUT2D eigenvalue weighted by molar-refractivity contribution is 0.380. The minimum Gasteiger partial charge on any atom is -0.262 e. The number of sulfonamides is 2. The van der Waals surface area contributed by atoms with Gasteiger partial charge in [0.05, 0.1) is 24.6 Å². The molecule has 1 aliphatic heterocycles. The molecule has 2 atom stereocenters. The first-order valence-corrected chi connectivity index (χ1v) is 13.5. The Morgan fingerprint density at radius 1 is 0.714 bits per heavy atom. The average Bonchev–Trinajstić information content (AvgIpc) is 3.00. The Labute approximate surface area is 168 Å². The predicted molar refractivity (Wildman–Crippen MR) is 112 cm³/mol. The van der Waals surface area contributed by atoms with Gasteiger partial charge in [0, 0.05) is 0 Å². The molecular weight excluding hydrogens is 417 g/mol. The van der Waals surface area contributed by atoms with Crippen LogP contribution in [0.5, 0.6) is 0 Å². The van der Waals surface area contributed by atoms with Crippen molar-refractivity contribution in [3.8, 4) is 0 Å². The number of benzene rings is 2. The minimum absolute atomic E-state index is 0.665. The van der Waals surface area contributed by atoms with Crippen LogP contribution in [0.1, 0.15) is 23.2 Å². The van der Waals surface area contributed by atoms with E-state index in [2.05, 4.69) is 0 Å². The predicted octanol–water partition coefficient (Wildman–Crippen LogP) is 2.79. The highest BCUT2D eigenvalue weighted by Crippen LogP contribution is 2.67. The summed E-state index contributed by atoms with van der Waals surface area (Å²) >= 11 is 0. The third-order valence-electron chi connectivity index (χ3n) is 4.45. The zero-order valence-electron chi connectivity index (χ0n) is 16.2. The Balaban J connectivity index is 2.36. The average molecular weight is 442 g/mol. The third-order valence-corrected chi connectivity index (χ3v) is 10.8. The molecule has 10 heteroatoms. The smallest absolute Gasteiger partial charge is 0.217 e. The van der Waals surface area contributed by atoms with Crippen LogP contribution in [0.2, 0.25) is 0 Å². The first-order valence-electron chi connectivity index (χ1n) is 8.59. The summed E-state index contributed by atoms with van der Waals surface area (Å²) in [6.07, 6.45) is 2.27. The quantitative estimate of drug-likeness (QED) is 0.667. The first kappa shape index (κ1) is 21.4. The molecule has 0 spiro atoms. The summed E-state index contributed by atoms with van der Waals surface area (Å²) in [6.45, 7) is 0. The molecule has 0 N–H and O–H groups in total. The fourth-order valence-electron chi connectivity index (χ4n) is 3.50. The van der Waals surface area contributed by atoms with E-state index >= 15 is 0 Å². The highest BCUT2D eigenvalue weighted by molar-refractivity contribution is 7.98. The zero-order valence-corrected chi connectivity index (χ0v) is 18.7. The van der Waals surface area contributed by atoms with E-state index < -0.39 is 40.5 Å². The Kier molecular flexibility index (Phi) is 5.96. The van der Waals surface area contributed by atoms with Crippen molar-refractivity contribution in [1.82, 2.24) is 12.8 Å². The summed E-state index contributed by atoms with van der Waals surface area (Å²) in [7, 11) is -5.82. The maximum Gasteiger partial charge on any atom is 0.217 e. The topological polar surface area (TPSA) is 78.0 Å². The van der Waals surface area contributed by atoms with Crippen LogP contribution in [0, 0.1) is 0 Å². The van der Waals surface area contributed by atoms with Crippen LogP contribution in [-0.4, -0.2) is 56.3 Å². The van der Waals surface area contributed by atoms with Crippen LogP contribution in [-0.2, 0) is 20.0 Å². The number of rotatable bonds is 5. The normalized spacial score (nSPS) is 22.8. The molecule has 2 aromatic rings. The lowest BCUT2D eigenvalue weighted by Gasteiger charge is -2.32. The van der Waals surface area contributed by atoms with Gasteiger partial charge in [-0.1, -0.05) is 60.7 Å². The first-order chi connectivity index (χ1) is 13.0. The van der Waals surface area contributed by atoms with Crippen LogP contribution >= 0.6 is 8.37 Å². The molecule has 2 aromatic carbocycles. The summed E-state index contributed by atoms with van der Waals surface area (Å²) in [4.78, 5) is 0. The molecule has 0 aromatic heterocycles. The van der Waals surface area contributed by atoms with E-state index in [1.54, 1.807) is 18.8 Å². The Bertz CT molecular complexity index is 950. The number of hydrogen-bond acceptors (Lipinski definition) is 5. The molecule has 0 amide bonds.